The zero-order valence-corrected chi connectivity index (χ0v) is 18.4. The summed E-state index contributed by atoms with van der Waals surface area (Å²) in [5.74, 6) is -0.158. The predicted molar refractivity (Wildman–Crippen MR) is 112 cm³/mol. The number of hydrogen-bond donors (Lipinski definition) is 1. The lowest BCUT2D eigenvalue weighted by molar-refractivity contribution is -0.385. The molecule has 31 heavy (non-hydrogen) atoms. The van der Waals surface area contributed by atoms with Crippen LogP contribution in [-0.4, -0.2) is 53.6 Å². The van der Waals surface area contributed by atoms with Gasteiger partial charge in [-0.2, -0.15) is 5.10 Å². The Balaban J connectivity index is 1.94. The number of nitro benzene ring substituents is 1. The number of amides is 1. The molecule has 2 aromatic rings. The van der Waals surface area contributed by atoms with Crippen LogP contribution in [0.5, 0.6) is 11.6 Å². The Bertz CT molecular complexity index is 1090. The Hall–Kier alpha value is -2.99. The second kappa shape index (κ2) is 9.02. The molecule has 1 aromatic carbocycles. The highest BCUT2D eigenvalue weighted by Crippen LogP contribution is 2.32. The monoisotopic (exact) mass is 451 g/mol. The molecule has 2 heterocycles. The van der Waals surface area contributed by atoms with Crippen molar-refractivity contribution in [2.75, 3.05) is 19.6 Å². The Morgan fingerprint density at radius 2 is 1.97 bits per heavy atom. The van der Waals surface area contributed by atoms with Crippen LogP contribution in [0.2, 0.25) is 0 Å². The van der Waals surface area contributed by atoms with Gasteiger partial charge in [-0.15, -0.1) is 0 Å². The summed E-state index contributed by atoms with van der Waals surface area (Å²) in [5.41, 5.74) is -0.198. The summed E-state index contributed by atoms with van der Waals surface area (Å²) in [6.07, 6.45) is 1.88. The zero-order valence-electron chi connectivity index (χ0n) is 17.6. The van der Waals surface area contributed by atoms with E-state index in [0.717, 1.165) is 25.0 Å². The van der Waals surface area contributed by atoms with Gasteiger partial charge in [0.05, 0.1) is 4.92 Å². The van der Waals surface area contributed by atoms with Crippen LogP contribution in [0, 0.1) is 16.0 Å². The van der Waals surface area contributed by atoms with E-state index in [4.69, 9.17) is 4.74 Å². The van der Waals surface area contributed by atoms with Crippen LogP contribution in [0.3, 0.4) is 0 Å². The molecule has 0 saturated carbocycles. The first kappa shape index (κ1) is 22.7. The summed E-state index contributed by atoms with van der Waals surface area (Å²) in [4.78, 5) is 24.4. The number of ether oxygens (including phenoxy) is 1. The molecule has 1 saturated heterocycles. The van der Waals surface area contributed by atoms with Gasteiger partial charge in [-0.3, -0.25) is 14.9 Å². The SMILES string of the molecule is CC(C)CNS(=O)(=O)c1cc([N+](=O)[O-])ccc1Oc1cc(C(=O)N2CCCC2)nn1C. The highest BCUT2D eigenvalue weighted by atomic mass is 32.2. The van der Waals surface area contributed by atoms with E-state index < -0.39 is 14.9 Å². The van der Waals surface area contributed by atoms with Crippen molar-refractivity contribution in [1.29, 1.82) is 0 Å². The summed E-state index contributed by atoms with van der Waals surface area (Å²) in [6, 6.07) is 4.76. The first-order valence-corrected chi connectivity index (χ1v) is 11.4. The summed E-state index contributed by atoms with van der Waals surface area (Å²) >= 11 is 0. The molecule has 0 aliphatic carbocycles. The highest BCUT2D eigenvalue weighted by molar-refractivity contribution is 7.89. The first-order valence-electron chi connectivity index (χ1n) is 9.88. The molecule has 1 amide bonds. The molecule has 3 rings (SSSR count). The first-order chi connectivity index (χ1) is 14.6. The van der Waals surface area contributed by atoms with E-state index in [-0.39, 0.29) is 46.3 Å². The zero-order chi connectivity index (χ0) is 22.8. The molecule has 1 fully saturated rings. The van der Waals surface area contributed by atoms with Crippen LogP contribution in [-0.2, 0) is 17.1 Å². The van der Waals surface area contributed by atoms with Crippen molar-refractivity contribution in [3.63, 3.8) is 0 Å². The molecule has 0 spiro atoms. The van der Waals surface area contributed by atoms with Gasteiger partial charge in [-0.05, 0) is 24.8 Å². The van der Waals surface area contributed by atoms with E-state index in [1.165, 1.54) is 16.8 Å². The molecule has 0 unspecified atom stereocenters. The van der Waals surface area contributed by atoms with Crippen molar-refractivity contribution >= 4 is 21.6 Å². The number of aryl methyl sites for hydroxylation is 1. The summed E-state index contributed by atoms with van der Waals surface area (Å²) in [5, 5.41) is 15.3. The number of benzene rings is 1. The summed E-state index contributed by atoms with van der Waals surface area (Å²) in [6.45, 7) is 5.16. The third-order valence-electron chi connectivity index (χ3n) is 4.77. The number of hydrogen-bond acceptors (Lipinski definition) is 7. The van der Waals surface area contributed by atoms with E-state index >= 15 is 0 Å². The van der Waals surface area contributed by atoms with E-state index in [1.807, 2.05) is 13.8 Å². The Labute approximate surface area is 180 Å². The molecule has 1 aromatic heterocycles. The van der Waals surface area contributed by atoms with E-state index in [1.54, 1.807) is 11.9 Å². The van der Waals surface area contributed by atoms with E-state index in [0.29, 0.717) is 13.1 Å². The third kappa shape index (κ3) is 5.20. The minimum absolute atomic E-state index is 0.0362. The van der Waals surface area contributed by atoms with Gasteiger partial charge in [0, 0.05) is 44.9 Å². The van der Waals surface area contributed by atoms with Crippen molar-refractivity contribution < 1.29 is 22.9 Å². The number of carbonyl (C=O) groups excluding carboxylic acids is 1. The molecule has 1 aliphatic heterocycles. The number of non-ortho nitro benzene ring substituents is 1. The van der Waals surface area contributed by atoms with E-state index in [2.05, 4.69) is 9.82 Å². The van der Waals surface area contributed by atoms with Crippen molar-refractivity contribution in [3.8, 4) is 11.6 Å². The fraction of sp³-hybridized carbons (Fsp3) is 0.474. The van der Waals surface area contributed by atoms with Crippen LogP contribution in [0.25, 0.3) is 0 Å². The van der Waals surface area contributed by atoms with Gasteiger partial charge >= 0.3 is 0 Å². The van der Waals surface area contributed by atoms with Crippen LogP contribution >= 0.6 is 0 Å². The normalized spacial score (nSPS) is 14.3. The third-order valence-corrected chi connectivity index (χ3v) is 6.22. The maximum Gasteiger partial charge on any atom is 0.274 e. The Kier molecular flexibility index (Phi) is 6.60. The molecule has 11 nitrogen and oxygen atoms in total. The molecule has 1 aliphatic rings. The second-order valence-corrected chi connectivity index (χ2v) is 9.46. The fourth-order valence-electron chi connectivity index (χ4n) is 3.10. The van der Waals surface area contributed by atoms with Gasteiger partial charge in [0.2, 0.25) is 15.9 Å². The molecule has 0 atom stereocenters. The lowest BCUT2D eigenvalue weighted by atomic mass is 10.2. The van der Waals surface area contributed by atoms with Crippen LogP contribution in [0.1, 0.15) is 37.2 Å². The number of sulfonamides is 1. The average Bonchev–Trinajstić information content (AvgIpc) is 3.36. The lowest BCUT2D eigenvalue weighted by Crippen LogP contribution is -2.28. The van der Waals surface area contributed by atoms with Gasteiger partial charge in [-0.25, -0.2) is 17.8 Å². The summed E-state index contributed by atoms with van der Waals surface area (Å²) in [7, 11) is -2.52. The van der Waals surface area contributed by atoms with Gasteiger partial charge in [0.15, 0.2) is 5.69 Å². The van der Waals surface area contributed by atoms with Crippen molar-refractivity contribution in [2.45, 2.75) is 31.6 Å². The van der Waals surface area contributed by atoms with Gasteiger partial charge in [-0.1, -0.05) is 13.8 Å². The largest absolute Gasteiger partial charge is 0.438 e. The predicted octanol–water partition coefficient (Wildman–Crippen LogP) is 2.29. The number of nitrogens with zero attached hydrogens (tertiary/aromatic N) is 4. The topological polar surface area (TPSA) is 137 Å². The molecule has 0 radical (unpaired) electrons. The number of nitrogens with one attached hydrogen (secondary N) is 1. The molecule has 1 N–H and O–H groups in total. The number of rotatable bonds is 8. The maximum absolute atomic E-state index is 12.8. The summed E-state index contributed by atoms with van der Waals surface area (Å²) < 4.78 is 35.1. The average molecular weight is 452 g/mol. The Morgan fingerprint density at radius 1 is 1.29 bits per heavy atom. The van der Waals surface area contributed by atoms with Crippen LogP contribution in [0.4, 0.5) is 5.69 Å². The van der Waals surface area contributed by atoms with Gasteiger partial charge in [0.1, 0.15) is 10.6 Å². The molecule has 0 bridgehead atoms. The minimum Gasteiger partial charge on any atom is -0.438 e. The highest BCUT2D eigenvalue weighted by Gasteiger charge is 2.26. The number of aromatic nitrogens is 2. The van der Waals surface area contributed by atoms with Gasteiger partial charge in [0.25, 0.3) is 11.6 Å². The molecule has 168 valence electrons. The molecular weight excluding hydrogens is 426 g/mol. The molecular formula is C19H25N5O6S. The fourth-order valence-corrected chi connectivity index (χ4v) is 4.46. The second-order valence-electron chi connectivity index (χ2n) is 7.73. The van der Waals surface area contributed by atoms with Crippen molar-refractivity contribution in [3.05, 3.63) is 40.1 Å². The number of nitro groups is 1. The standard InChI is InChI=1S/C19H25N5O6S/c1-13(2)12-20-31(28,29)17-10-14(24(26)27)6-7-16(17)30-18-11-15(21-22(18)3)19(25)23-8-4-5-9-23/h6-7,10-11,13,20H,4-5,8-9,12H2,1-3H3. The van der Waals surface area contributed by atoms with E-state index in [9.17, 15) is 23.3 Å². The molecule has 12 heteroatoms. The smallest absolute Gasteiger partial charge is 0.274 e. The number of carbonyl (C=O) groups is 1. The minimum atomic E-state index is -4.08. The quantitative estimate of drug-likeness (QED) is 0.480. The van der Waals surface area contributed by atoms with Crippen molar-refractivity contribution in [2.24, 2.45) is 13.0 Å². The van der Waals surface area contributed by atoms with Gasteiger partial charge < -0.3 is 9.64 Å². The Morgan fingerprint density at radius 3 is 2.58 bits per heavy atom. The van der Waals surface area contributed by atoms with Crippen LogP contribution in [0.15, 0.2) is 29.2 Å². The van der Waals surface area contributed by atoms with Crippen molar-refractivity contribution in [1.82, 2.24) is 19.4 Å². The number of likely N-dealkylation sites (tertiary alicyclic amines) is 1. The van der Waals surface area contributed by atoms with Crippen LogP contribution < -0.4 is 9.46 Å². The lowest BCUT2D eigenvalue weighted by Gasteiger charge is -2.13. The maximum atomic E-state index is 12.8.